The molecule has 3 heterocycles. The number of fused-ring (bicyclic) bond motifs is 4. The third-order valence-electron chi connectivity index (χ3n) is 5.99. The number of carbonyl (C=O) groups excluding carboxylic acids is 1. The van der Waals surface area contributed by atoms with Crippen LogP contribution in [0.3, 0.4) is 0 Å². The van der Waals surface area contributed by atoms with Gasteiger partial charge >= 0.3 is 5.97 Å². The van der Waals surface area contributed by atoms with Crippen LogP contribution < -0.4 is 4.74 Å². The van der Waals surface area contributed by atoms with Crippen molar-refractivity contribution in [3.63, 3.8) is 0 Å². The van der Waals surface area contributed by atoms with Gasteiger partial charge in [-0.05, 0) is 50.5 Å². The first-order valence-corrected chi connectivity index (χ1v) is 8.72. The largest absolute Gasteiger partial charge is 0.497 e. The Morgan fingerprint density at radius 2 is 2.20 bits per heavy atom. The Labute approximate surface area is 153 Å². The predicted octanol–water partition coefficient (Wildman–Crippen LogP) is 3.54. The van der Waals surface area contributed by atoms with Gasteiger partial charge in [0, 0.05) is 34.6 Å². The van der Waals surface area contributed by atoms with Crippen molar-refractivity contribution in [1.82, 2.24) is 9.88 Å². The van der Waals surface area contributed by atoms with Crippen LogP contribution in [0.15, 0.2) is 18.2 Å². The van der Waals surface area contributed by atoms with Gasteiger partial charge in [-0.3, -0.25) is 4.90 Å². The van der Waals surface area contributed by atoms with E-state index in [1.807, 2.05) is 26.0 Å². The number of benzene rings is 1. The van der Waals surface area contributed by atoms with Crippen molar-refractivity contribution in [2.45, 2.75) is 50.3 Å². The van der Waals surface area contributed by atoms with Gasteiger partial charge in [0.05, 0.1) is 13.2 Å². The second-order valence-corrected chi connectivity index (χ2v) is 7.56. The van der Waals surface area contributed by atoms with E-state index in [0.29, 0.717) is 5.92 Å². The number of hydrogen-bond donors (Lipinski definition) is 1. The van der Waals surface area contributed by atoms with Gasteiger partial charge in [-0.1, -0.05) is 0 Å². The van der Waals surface area contributed by atoms with Crippen molar-refractivity contribution in [3.05, 3.63) is 29.5 Å². The molecule has 1 saturated heterocycles. The van der Waals surface area contributed by atoms with E-state index in [4.69, 9.17) is 9.47 Å². The number of ether oxygens (including phenoxy) is 2. The van der Waals surface area contributed by atoms with Gasteiger partial charge in [-0.2, -0.15) is 0 Å². The van der Waals surface area contributed by atoms with Crippen molar-refractivity contribution in [3.8, 4) is 5.75 Å². The average Bonchev–Trinajstić information content (AvgIpc) is 3.20. The van der Waals surface area contributed by atoms with E-state index >= 15 is 0 Å². The van der Waals surface area contributed by atoms with Crippen molar-refractivity contribution in [2.75, 3.05) is 13.7 Å². The zero-order valence-corrected chi connectivity index (χ0v) is 15.5. The minimum atomic E-state index is -0.298. The molecule has 5 nitrogen and oxygen atoms in total. The lowest BCUT2D eigenvalue weighted by atomic mass is 9.84. The number of esters is 1. The van der Waals surface area contributed by atoms with E-state index in [-0.39, 0.29) is 36.1 Å². The minimum Gasteiger partial charge on any atom is -0.497 e. The molecule has 2 aromatic rings. The number of hydrogen-bond acceptors (Lipinski definition) is 4. The van der Waals surface area contributed by atoms with Gasteiger partial charge in [0.1, 0.15) is 11.8 Å². The second-order valence-electron chi connectivity index (χ2n) is 7.56. The number of nitrogens with zero attached hydrogens (tertiary/aromatic N) is 1. The standard InChI is InChI=1S/C19H22N2O3.ClH/c1-10(2)24-18(22)17-16-15(13-9-19(13)6-7-21(17)19)12-8-11(23-3)4-5-14(12)20-16;/h4-5,8,10,13,17,20H,6-7,9H2,1-3H3;1H. The number of methoxy groups -OCH3 is 1. The average molecular weight is 363 g/mol. The van der Waals surface area contributed by atoms with Crippen molar-refractivity contribution >= 4 is 29.3 Å². The number of aromatic amines is 1. The van der Waals surface area contributed by atoms with Gasteiger partial charge in [-0.25, -0.2) is 4.79 Å². The molecule has 5 rings (SSSR count). The highest BCUT2D eigenvalue weighted by Gasteiger charge is 2.70. The number of halogens is 1. The van der Waals surface area contributed by atoms with Crippen LogP contribution in [0, 0.1) is 0 Å². The highest BCUT2D eigenvalue weighted by atomic mass is 35.5. The van der Waals surface area contributed by atoms with E-state index < -0.39 is 0 Å². The van der Waals surface area contributed by atoms with Crippen LogP contribution in [-0.4, -0.2) is 41.2 Å². The van der Waals surface area contributed by atoms with E-state index in [1.165, 1.54) is 17.4 Å². The quantitative estimate of drug-likeness (QED) is 0.848. The summed E-state index contributed by atoms with van der Waals surface area (Å²) in [7, 11) is 1.69. The van der Waals surface area contributed by atoms with Crippen LogP contribution in [0.25, 0.3) is 10.9 Å². The maximum atomic E-state index is 12.8. The highest BCUT2D eigenvalue weighted by Crippen LogP contribution is 2.69. The van der Waals surface area contributed by atoms with Crippen LogP contribution in [-0.2, 0) is 9.53 Å². The summed E-state index contributed by atoms with van der Waals surface area (Å²) in [4.78, 5) is 18.7. The van der Waals surface area contributed by atoms with Gasteiger partial charge < -0.3 is 14.5 Å². The van der Waals surface area contributed by atoms with E-state index in [2.05, 4.69) is 16.0 Å². The molecule has 2 aliphatic heterocycles. The predicted molar refractivity (Wildman–Crippen MR) is 97.5 cm³/mol. The summed E-state index contributed by atoms with van der Waals surface area (Å²) in [5.41, 5.74) is 3.62. The monoisotopic (exact) mass is 362 g/mol. The Balaban J connectivity index is 0.00000157. The van der Waals surface area contributed by atoms with E-state index in [0.717, 1.165) is 29.9 Å². The zero-order chi connectivity index (χ0) is 16.6. The lowest BCUT2D eigenvalue weighted by Gasteiger charge is -2.49. The molecule has 0 radical (unpaired) electrons. The van der Waals surface area contributed by atoms with E-state index in [9.17, 15) is 4.79 Å². The van der Waals surface area contributed by atoms with Crippen LogP contribution in [0.2, 0.25) is 0 Å². The Hall–Kier alpha value is -1.72. The molecular weight excluding hydrogens is 340 g/mol. The third-order valence-corrected chi connectivity index (χ3v) is 5.99. The fourth-order valence-electron chi connectivity index (χ4n) is 4.80. The zero-order valence-electron chi connectivity index (χ0n) is 14.7. The molecule has 1 spiro atoms. The lowest BCUT2D eigenvalue weighted by molar-refractivity contribution is -0.160. The Bertz CT molecular complexity index is 862. The molecule has 0 amide bonds. The van der Waals surface area contributed by atoms with Crippen molar-refractivity contribution in [1.29, 1.82) is 0 Å². The molecule has 134 valence electrons. The Morgan fingerprint density at radius 3 is 2.84 bits per heavy atom. The fraction of sp³-hybridized carbons (Fsp3) is 0.526. The van der Waals surface area contributed by atoms with Crippen molar-refractivity contribution < 1.29 is 14.3 Å². The maximum Gasteiger partial charge on any atom is 0.329 e. The van der Waals surface area contributed by atoms with Crippen LogP contribution >= 0.6 is 12.4 Å². The summed E-state index contributed by atoms with van der Waals surface area (Å²) in [5, 5.41) is 1.19. The van der Waals surface area contributed by atoms with Crippen LogP contribution in [0.4, 0.5) is 0 Å². The van der Waals surface area contributed by atoms with Crippen LogP contribution in [0.1, 0.15) is 49.9 Å². The molecule has 1 N–H and O–H groups in total. The molecule has 25 heavy (non-hydrogen) atoms. The Morgan fingerprint density at radius 1 is 1.40 bits per heavy atom. The lowest BCUT2D eigenvalue weighted by Crippen LogP contribution is -2.57. The molecule has 0 bridgehead atoms. The molecular formula is C19H23ClN2O3. The third kappa shape index (κ3) is 2.09. The number of H-pyrrole nitrogens is 1. The number of aromatic nitrogens is 1. The minimum absolute atomic E-state index is 0. The summed E-state index contributed by atoms with van der Waals surface area (Å²) in [6.07, 6.45) is 2.23. The molecule has 3 atom stereocenters. The number of nitrogens with one attached hydrogen (secondary N) is 1. The van der Waals surface area contributed by atoms with Gasteiger partial charge in [-0.15, -0.1) is 12.4 Å². The fourth-order valence-corrected chi connectivity index (χ4v) is 4.80. The molecule has 2 fully saturated rings. The van der Waals surface area contributed by atoms with Gasteiger partial charge in [0.2, 0.25) is 0 Å². The molecule has 3 unspecified atom stereocenters. The second kappa shape index (κ2) is 5.39. The summed E-state index contributed by atoms with van der Waals surface area (Å²) >= 11 is 0. The SMILES string of the molecule is COc1ccc2[nH]c3c(c2c1)C1CC12CCN2C3C(=O)OC(C)C.Cl. The van der Waals surface area contributed by atoms with E-state index in [1.54, 1.807) is 7.11 Å². The van der Waals surface area contributed by atoms with Gasteiger partial charge in [0.15, 0.2) is 0 Å². The normalized spacial score (nSPS) is 29.1. The van der Waals surface area contributed by atoms with Gasteiger partial charge in [0.25, 0.3) is 0 Å². The smallest absolute Gasteiger partial charge is 0.329 e. The Kier molecular flexibility index (Phi) is 3.61. The van der Waals surface area contributed by atoms with Crippen LogP contribution in [0.5, 0.6) is 5.75 Å². The summed E-state index contributed by atoms with van der Waals surface area (Å²) < 4.78 is 11.0. The molecule has 1 aliphatic carbocycles. The topological polar surface area (TPSA) is 54.6 Å². The first-order valence-electron chi connectivity index (χ1n) is 8.72. The molecule has 6 heteroatoms. The molecule has 3 aliphatic rings. The first-order chi connectivity index (χ1) is 11.5. The maximum absolute atomic E-state index is 12.8. The highest BCUT2D eigenvalue weighted by molar-refractivity contribution is 5.91. The first kappa shape index (κ1) is 16.7. The number of rotatable bonds is 3. The summed E-state index contributed by atoms with van der Waals surface area (Å²) in [6.45, 7) is 4.79. The summed E-state index contributed by atoms with van der Waals surface area (Å²) in [6, 6.07) is 5.80. The summed E-state index contributed by atoms with van der Waals surface area (Å²) in [5.74, 6) is 1.26. The van der Waals surface area contributed by atoms with Crippen molar-refractivity contribution in [2.24, 2.45) is 0 Å². The molecule has 1 aromatic heterocycles. The molecule has 1 saturated carbocycles. The molecule has 1 aromatic carbocycles. The number of carbonyl (C=O) groups is 1.